The summed E-state index contributed by atoms with van der Waals surface area (Å²) in [5.41, 5.74) is 2.46. The Morgan fingerprint density at radius 2 is 1.89 bits per heavy atom. The number of rotatable bonds is 4. The predicted octanol–water partition coefficient (Wildman–Crippen LogP) is 4.22. The van der Waals surface area contributed by atoms with Gasteiger partial charge in [0, 0.05) is 5.56 Å². The van der Waals surface area contributed by atoms with Gasteiger partial charge in [0.2, 0.25) is 0 Å². The quantitative estimate of drug-likeness (QED) is 0.459. The Balaban J connectivity index is 1.58. The summed E-state index contributed by atoms with van der Waals surface area (Å²) in [4.78, 5) is 32.0. The lowest BCUT2D eigenvalue weighted by Gasteiger charge is -2.01. The first-order valence-corrected chi connectivity index (χ1v) is 8.26. The van der Waals surface area contributed by atoms with Crippen LogP contribution >= 0.6 is 11.6 Å². The SMILES string of the molecule is O=C(O)c1ccc(-c2ccc(C=Nc3ccc4[nH]c(=O)[nH]c4c3)o2)cc1Cl. The highest BCUT2D eigenvalue weighted by Gasteiger charge is 2.11. The third-order valence-electron chi connectivity index (χ3n) is 3.95. The molecule has 0 saturated carbocycles. The molecule has 4 rings (SSSR count). The topological polar surface area (TPSA) is 111 Å². The lowest BCUT2D eigenvalue weighted by atomic mass is 10.1. The zero-order valence-electron chi connectivity index (χ0n) is 13.7. The Bertz CT molecular complexity index is 1250. The van der Waals surface area contributed by atoms with E-state index in [1.54, 1.807) is 48.7 Å². The highest BCUT2D eigenvalue weighted by Crippen LogP contribution is 2.27. The number of aromatic amines is 2. The maximum absolute atomic E-state index is 11.3. The molecule has 0 amide bonds. The second-order valence-corrected chi connectivity index (χ2v) is 6.18. The van der Waals surface area contributed by atoms with Gasteiger partial charge in [0.1, 0.15) is 11.5 Å². The summed E-state index contributed by atoms with van der Waals surface area (Å²) in [7, 11) is 0. The molecule has 0 fully saturated rings. The van der Waals surface area contributed by atoms with Crippen LogP contribution in [0.25, 0.3) is 22.4 Å². The van der Waals surface area contributed by atoms with Crippen LogP contribution in [0.15, 0.2) is 62.7 Å². The van der Waals surface area contributed by atoms with Crippen LogP contribution in [0.5, 0.6) is 0 Å². The maximum Gasteiger partial charge on any atom is 0.337 e. The average molecular weight is 382 g/mol. The number of hydrogen-bond donors (Lipinski definition) is 3. The second-order valence-electron chi connectivity index (χ2n) is 5.77. The summed E-state index contributed by atoms with van der Waals surface area (Å²) in [5.74, 6) is -0.0219. The number of carboxylic acid groups (broad SMARTS) is 1. The van der Waals surface area contributed by atoms with Crippen molar-refractivity contribution >= 4 is 40.5 Å². The number of aromatic nitrogens is 2. The van der Waals surface area contributed by atoms with E-state index in [9.17, 15) is 9.59 Å². The van der Waals surface area contributed by atoms with Crippen molar-refractivity contribution in [2.45, 2.75) is 0 Å². The minimum atomic E-state index is -1.08. The van der Waals surface area contributed by atoms with Crippen molar-refractivity contribution in [3.63, 3.8) is 0 Å². The monoisotopic (exact) mass is 381 g/mol. The maximum atomic E-state index is 11.3. The van der Waals surface area contributed by atoms with E-state index in [1.165, 1.54) is 6.07 Å². The number of carboxylic acids is 1. The lowest BCUT2D eigenvalue weighted by molar-refractivity contribution is 0.0697. The van der Waals surface area contributed by atoms with Gasteiger partial charge in [-0.15, -0.1) is 0 Å². The van der Waals surface area contributed by atoms with Gasteiger partial charge < -0.3 is 19.5 Å². The number of aliphatic imine (C=N–C) groups is 1. The molecular weight excluding hydrogens is 370 g/mol. The van der Waals surface area contributed by atoms with Crippen molar-refractivity contribution in [2.24, 2.45) is 4.99 Å². The summed E-state index contributed by atoms with van der Waals surface area (Å²) in [6, 6.07) is 13.4. The predicted molar refractivity (Wildman–Crippen MR) is 102 cm³/mol. The van der Waals surface area contributed by atoms with E-state index in [0.29, 0.717) is 33.8 Å². The molecule has 0 saturated heterocycles. The largest absolute Gasteiger partial charge is 0.478 e. The highest BCUT2D eigenvalue weighted by atomic mass is 35.5. The molecule has 0 unspecified atom stereocenters. The first-order valence-electron chi connectivity index (χ1n) is 7.89. The summed E-state index contributed by atoms with van der Waals surface area (Å²) in [5, 5.41) is 9.17. The molecule has 0 aliphatic heterocycles. The van der Waals surface area contributed by atoms with Gasteiger partial charge >= 0.3 is 11.7 Å². The number of imidazole rings is 1. The number of halogens is 1. The molecule has 7 nitrogen and oxygen atoms in total. The second kappa shape index (κ2) is 6.62. The molecule has 0 aliphatic carbocycles. The van der Waals surface area contributed by atoms with E-state index < -0.39 is 5.97 Å². The van der Waals surface area contributed by atoms with Crippen LogP contribution in [0.3, 0.4) is 0 Å². The van der Waals surface area contributed by atoms with Crippen LogP contribution in [-0.2, 0) is 0 Å². The molecule has 3 N–H and O–H groups in total. The Labute approximate surface area is 156 Å². The zero-order valence-corrected chi connectivity index (χ0v) is 14.4. The van der Waals surface area contributed by atoms with Crippen molar-refractivity contribution in [3.8, 4) is 11.3 Å². The first kappa shape index (κ1) is 16.9. The molecular formula is C19H12ClN3O4. The Morgan fingerprint density at radius 1 is 1.07 bits per heavy atom. The van der Waals surface area contributed by atoms with E-state index in [-0.39, 0.29) is 16.3 Å². The van der Waals surface area contributed by atoms with E-state index in [4.69, 9.17) is 21.1 Å². The minimum absolute atomic E-state index is 0.0342. The number of hydrogen-bond acceptors (Lipinski definition) is 4. The molecule has 27 heavy (non-hydrogen) atoms. The van der Waals surface area contributed by atoms with E-state index in [1.807, 2.05) is 0 Å². The molecule has 4 aromatic rings. The molecule has 2 aromatic carbocycles. The van der Waals surface area contributed by atoms with Gasteiger partial charge in [0.05, 0.1) is 33.5 Å². The number of fused-ring (bicyclic) bond motifs is 1. The highest BCUT2D eigenvalue weighted by molar-refractivity contribution is 6.33. The number of nitrogens with zero attached hydrogens (tertiary/aromatic N) is 1. The van der Waals surface area contributed by atoms with Gasteiger partial charge in [-0.1, -0.05) is 17.7 Å². The molecule has 8 heteroatoms. The van der Waals surface area contributed by atoms with Crippen LogP contribution in [-0.4, -0.2) is 27.3 Å². The fraction of sp³-hybridized carbons (Fsp3) is 0. The molecule has 134 valence electrons. The van der Waals surface area contributed by atoms with Gasteiger partial charge in [-0.2, -0.15) is 0 Å². The number of H-pyrrole nitrogens is 2. The van der Waals surface area contributed by atoms with Crippen molar-refractivity contribution < 1.29 is 14.3 Å². The fourth-order valence-corrected chi connectivity index (χ4v) is 2.92. The van der Waals surface area contributed by atoms with Gasteiger partial charge in [-0.3, -0.25) is 4.99 Å². The Kier molecular flexibility index (Phi) is 4.13. The normalized spacial score (nSPS) is 11.4. The standard InChI is InChI=1S/C19H12ClN3O4/c20-14-7-10(1-4-13(14)18(24)25)17-6-3-12(27-17)9-21-11-2-5-15-16(8-11)23-19(26)22-15/h1-9H,(H,24,25)(H2,22,23,26). The number of furan rings is 1. The van der Waals surface area contributed by atoms with Crippen LogP contribution < -0.4 is 5.69 Å². The van der Waals surface area contributed by atoms with Crippen LogP contribution in [0, 0.1) is 0 Å². The van der Waals surface area contributed by atoms with Crippen molar-refractivity contribution in [1.82, 2.24) is 9.97 Å². The number of nitrogens with one attached hydrogen (secondary N) is 2. The van der Waals surface area contributed by atoms with Crippen molar-refractivity contribution in [3.05, 3.63) is 75.4 Å². The third-order valence-corrected chi connectivity index (χ3v) is 4.26. The van der Waals surface area contributed by atoms with E-state index >= 15 is 0 Å². The number of aromatic carboxylic acids is 1. The lowest BCUT2D eigenvalue weighted by Crippen LogP contribution is -1.99. The number of benzene rings is 2. The zero-order chi connectivity index (χ0) is 19.0. The van der Waals surface area contributed by atoms with Crippen molar-refractivity contribution in [2.75, 3.05) is 0 Å². The van der Waals surface area contributed by atoms with Gasteiger partial charge in [0.15, 0.2) is 0 Å². The smallest absolute Gasteiger partial charge is 0.337 e. The molecule has 0 atom stereocenters. The average Bonchev–Trinajstić information content (AvgIpc) is 3.24. The minimum Gasteiger partial charge on any atom is -0.478 e. The fourth-order valence-electron chi connectivity index (χ4n) is 2.66. The van der Waals surface area contributed by atoms with E-state index in [2.05, 4.69) is 15.0 Å². The Hall–Kier alpha value is -3.58. The Morgan fingerprint density at radius 3 is 2.67 bits per heavy atom. The molecule has 2 heterocycles. The molecule has 0 bridgehead atoms. The number of carbonyl (C=O) groups is 1. The molecule has 0 aliphatic rings. The summed E-state index contributed by atoms with van der Waals surface area (Å²) in [6.45, 7) is 0. The van der Waals surface area contributed by atoms with Gasteiger partial charge in [0.25, 0.3) is 0 Å². The molecule has 0 radical (unpaired) electrons. The first-order chi connectivity index (χ1) is 13.0. The molecule has 2 aromatic heterocycles. The van der Waals surface area contributed by atoms with Gasteiger partial charge in [-0.25, -0.2) is 9.59 Å². The molecule has 0 spiro atoms. The van der Waals surface area contributed by atoms with Crippen LogP contribution in [0.1, 0.15) is 16.1 Å². The third kappa shape index (κ3) is 3.40. The summed E-state index contributed by atoms with van der Waals surface area (Å²) in [6.07, 6.45) is 1.56. The van der Waals surface area contributed by atoms with Crippen LogP contribution in [0.4, 0.5) is 5.69 Å². The van der Waals surface area contributed by atoms with Gasteiger partial charge in [-0.05, 0) is 42.5 Å². The van der Waals surface area contributed by atoms with E-state index in [0.717, 1.165) is 0 Å². The van der Waals surface area contributed by atoms with Crippen molar-refractivity contribution in [1.29, 1.82) is 0 Å². The summed E-state index contributed by atoms with van der Waals surface area (Å²) < 4.78 is 5.72. The summed E-state index contributed by atoms with van der Waals surface area (Å²) >= 11 is 6.00. The van der Waals surface area contributed by atoms with Crippen LogP contribution in [0.2, 0.25) is 5.02 Å².